The van der Waals surface area contributed by atoms with E-state index in [0.717, 1.165) is 10.8 Å². The first kappa shape index (κ1) is 28.2. The number of hydrogen-bond acceptors (Lipinski definition) is 8. The molecule has 2 aromatic rings. The molecule has 0 radical (unpaired) electrons. The minimum Gasteiger partial charge on any atom is -0.413 e. The van der Waals surface area contributed by atoms with Gasteiger partial charge in [-0.15, -0.1) is 0 Å². The number of carbonyl (C=O) groups is 3. The van der Waals surface area contributed by atoms with Crippen molar-refractivity contribution in [2.45, 2.75) is 38.5 Å². The third-order valence-corrected chi connectivity index (χ3v) is 6.91. The summed E-state index contributed by atoms with van der Waals surface area (Å²) in [6.45, 7) is 3.38. The number of hydrogen-bond donors (Lipinski definition) is 2. The molecule has 10 nitrogen and oxygen atoms in total. The van der Waals surface area contributed by atoms with E-state index in [1.807, 2.05) is 42.6 Å². The Morgan fingerprint density at radius 1 is 1.14 bits per heavy atom. The van der Waals surface area contributed by atoms with Crippen LogP contribution in [-0.4, -0.2) is 62.5 Å². The second-order valence-electron chi connectivity index (χ2n) is 7.97. The highest BCUT2D eigenvalue weighted by atomic mass is 31.2. The molecule has 0 heterocycles. The van der Waals surface area contributed by atoms with Gasteiger partial charge in [0, 0.05) is 37.9 Å². The summed E-state index contributed by atoms with van der Waals surface area (Å²) in [5.41, 5.74) is 0. The van der Waals surface area contributed by atoms with Crippen LogP contribution in [0.25, 0.3) is 10.8 Å². The predicted octanol–water partition coefficient (Wildman–Crippen LogP) is 3.03. The molecular formula is C24H32N3O7P. The van der Waals surface area contributed by atoms with Gasteiger partial charge < -0.3 is 19.0 Å². The van der Waals surface area contributed by atoms with Gasteiger partial charge in [-0.05, 0) is 31.7 Å². The topological polar surface area (TPSA) is 123 Å². The molecule has 0 saturated carbocycles. The molecule has 0 fully saturated rings. The summed E-state index contributed by atoms with van der Waals surface area (Å²) in [5.74, 6) is -0.176. The van der Waals surface area contributed by atoms with Crippen molar-refractivity contribution in [2.75, 3.05) is 20.8 Å². The normalized spacial score (nSPS) is 15.7. The Morgan fingerprint density at radius 3 is 2.54 bits per heavy atom. The van der Waals surface area contributed by atoms with E-state index in [1.165, 1.54) is 13.2 Å². The molecule has 2 aromatic carbocycles. The van der Waals surface area contributed by atoms with Crippen molar-refractivity contribution in [3.63, 3.8) is 0 Å². The van der Waals surface area contributed by atoms with Crippen molar-refractivity contribution in [3.05, 3.63) is 54.7 Å². The molecule has 0 aliphatic rings. The zero-order chi connectivity index (χ0) is 25.8. The van der Waals surface area contributed by atoms with E-state index < -0.39 is 25.8 Å². The third kappa shape index (κ3) is 8.92. The number of methoxy groups -OCH3 is 1. The van der Waals surface area contributed by atoms with E-state index in [1.54, 1.807) is 37.2 Å². The van der Waals surface area contributed by atoms with Gasteiger partial charge in [0.1, 0.15) is 12.0 Å². The third-order valence-electron chi connectivity index (χ3n) is 5.26. The van der Waals surface area contributed by atoms with Crippen LogP contribution in [0.4, 0.5) is 0 Å². The number of nitrogens with zero attached hydrogens (tertiary/aromatic N) is 1. The number of nitrogens with one attached hydrogen (secondary N) is 2. The lowest BCUT2D eigenvalue weighted by Crippen LogP contribution is -2.33. The Bertz CT molecular complexity index is 1070. The van der Waals surface area contributed by atoms with Crippen molar-refractivity contribution in [2.24, 2.45) is 0 Å². The number of imide groups is 1. The van der Waals surface area contributed by atoms with Crippen LogP contribution in [-0.2, 0) is 28.2 Å². The monoisotopic (exact) mass is 505 g/mol. The Kier molecular flexibility index (Phi) is 11.1. The van der Waals surface area contributed by atoms with Crippen molar-refractivity contribution in [1.29, 1.82) is 0 Å². The molecule has 4 atom stereocenters. The zero-order valence-electron chi connectivity index (χ0n) is 20.2. The summed E-state index contributed by atoms with van der Waals surface area (Å²) in [6.07, 6.45) is 3.69. The van der Waals surface area contributed by atoms with E-state index in [2.05, 4.69) is 5.09 Å². The lowest BCUT2D eigenvalue weighted by Gasteiger charge is -2.28. The van der Waals surface area contributed by atoms with Crippen molar-refractivity contribution >= 4 is 37.1 Å². The molecule has 0 aliphatic carbocycles. The number of carbonyl (C=O) groups excluding carboxylic acids is 3. The van der Waals surface area contributed by atoms with Crippen LogP contribution in [0.2, 0.25) is 0 Å². The van der Waals surface area contributed by atoms with Gasteiger partial charge in [0.25, 0.3) is 5.91 Å². The number of benzene rings is 2. The summed E-state index contributed by atoms with van der Waals surface area (Å²) in [7, 11) is -0.686. The summed E-state index contributed by atoms with van der Waals surface area (Å²) < 4.78 is 30.7. The van der Waals surface area contributed by atoms with Gasteiger partial charge in [-0.25, -0.2) is 9.65 Å². The second-order valence-corrected chi connectivity index (χ2v) is 9.66. The van der Waals surface area contributed by atoms with Gasteiger partial charge >= 0.3 is 7.75 Å². The molecule has 0 bridgehead atoms. The number of fused-ring (bicyclic) bond motifs is 1. The molecule has 190 valence electrons. The fourth-order valence-corrected chi connectivity index (χ4v) is 4.69. The molecule has 35 heavy (non-hydrogen) atoms. The van der Waals surface area contributed by atoms with Gasteiger partial charge in [-0.1, -0.05) is 36.4 Å². The van der Waals surface area contributed by atoms with Crippen LogP contribution < -0.4 is 14.9 Å². The molecule has 0 aliphatic heterocycles. The highest BCUT2D eigenvalue weighted by Gasteiger charge is 2.31. The van der Waals surface area contributed by atoms with Crippen LogP contribution in [0.3, 0.4) is 0 Å². The van der Waals surface area contributed by atoms with Crippen molar-refractivity contribution in [1.82, 2.24) is 15.3 Å². The van der Waals surface area contributed by atoms with Crippen molar-refractivity contribution in [3.8, 4) is 5.75 Å². The lowest BCUT2D eigenvalue weighted by atomic mass is 10.1. The summed E-state index contributed by atoms with van der Waals surface area (Å²) in [4.78, 5) is 34.8. The summed E-state index contributed by atoms with van der Waals surface area (Å²) >= 11 is 0. The Balaban J connectivity index is 2.11. The number of rotatable bonds is 15. The molecule has 11 heteroatoms. The predicted molar refractivity (Wildman–Crippen MR) is 133 cm³/mol. The van der Waals surface area contributed by atoms with Crippen LogP contribution >= 0.6 is 7.75 Å². The maximum atomic E-state index is 13.6. The standard InChI is InChI=1S/C24H32N3O7P/c1-18(15-28)26-35(31,34-23-11-7-9-20-8-5-6-10-22(20)23)33-16-21(32-4)14-19(2)27(3)13-12-24(30)25-17-29/h5-13,15,17-19,21H,14,16H2,1-4H3,(H,26,31)(H,25,29,30)/b13-12-/t18-,19?,21?,35?/m0/s1. The average molecular weight is 506 g/mol. The fourth-order valence-electron chi connectivity index (χ4n) is 3.17. The number of ether oxygens (including phenoxy) is 1. The van der Waals surface area contributed by atoms with E-state index in [4.69, 9.17) is 13.8 Å². The SMILES string of the molecule is COC(COP(=O)(N[C@@H](C)C=O)Oc1cccc2ccccc12)CC(C)N(C)/C=C\C(=O)NC=O. The molecular weight excluding hydrogens is 473 g/mol. The maximum Gasteiger partial charge on any atom is 0.459 e. The van der Waals surface area contributed by atoms with Gasteiger partial charge in [0.05, 0.1) is 18.8 Å². The fraction of sp³-hybridized carbons (Fsp3) is 0.375. The minimum atomic E-state index is -3.96. The first-order valence-electron chi connectivity index (χ1n) is 11.0. The molecule has 2 amide bonds. The molecule has 0 spiro atoms. The summed E-state index contributed by atoms with van der Waals surface area (Å²) in [6, 6.07) is 12.0. The van der Waals surface area contributed by atoms with E-state index in [-0.39, 0.29) is 12.6 Å². The van der Waals surface area contributed by atoms with Gasteiger partial charge in [0.2, 0.25) is 6.41 Å². The van der Waals surface area contributed by atoms with Gasteiger partial charge in [-0.3, -0.25) is 19.4 Å². The molecule has 3 unspecified atom stereocenters. The van der Waals surface area contributed by atoms with E-state index >= 15 is 0 Å². The highest BCUT2D eigenvalue weighted by molar-refractivity contribution is 7.52. The highest BCUT2D eigenvalue weighted by Crippen LogP contribution is 2.46. The zero-order valence-corrected chi connectivity index (χ0v) is 21.1. The first-order valence-corrected chi connectivity index (χ1v) is 12.6. The minimum absolute atomic E-state index is 0.0787. The van der Waals surface area contributed by atoms with E-state index in [9.17, 15) is 18.9 Å². The van der Waals surface area contributed by atoms with Crippen LogP contribution in [0, 0.1) is 0 Å². The maximum absolute atomic E-state index is 13.6. The second kappa shape index (κ2) is 13.7. The molecule has 2 N–H and O–H groups in total. The average Bonchev–Trinajstić information content (AvgIpc) is 2.85. The van der Waals surface area contributed by atoms with Crippen LogP contribution in [0.5, 0.6) is 5.75 Å². The molecule has 2 rings (SSSR count). The molecule has 0 saturated heterocycles. The van der Waals surface area contributed by atoms with E-state index in [0.29, 0.717) is 24.9 Å². The number of aldehydes is 1. The Morgan fingerprint density at radius 2 is 1.86 bits per heavy atom. The van der Waals surface area contributed by atoms with Crippen molar-refractivity contribution < 1.29 is 32.7 Å². The Hall–Kier alpha value is -3.04. The lowest BCUT2D eigenvalue weighted by molar-refractivity contribution is -0.121. The first-order chi connectivity index (χ1) is 16.7. The largest absolute Gasteiger partial charge is 0.459 e. The van der Waals surface area contributed by atoms with Gasteiger partial charge in [0.15, 0.2) is 0 Å². The molecule has 0 aromatic heterocycles. The Labute approximate surface area is 205 Å². The van der Waals surface area contributed by atoms with Crippen LogP contribution in [0.15, 0.2) is 54.7 Å². The van der Waals surface area contributed by atoms with Crippen LogP contribution in [0.1, 0.15) is 20.3 Å². The summed E-state index contributed by atoms with van der Waals surface area (Å²) in [5, 5.41) is 6.33. The quantitative estimate of drug-likeness (QED) is 0.214. The number of amides is 2. The smallest absolute Gasteiger partial charge is 0.413 e. The van der Waals surface area contributed by atoms with Gasteiger partial charge in [-0.2, -0.15) is 0 Å².